The second-order valence-electron chi connectivity index (χ2n) is 7.02. The molecule has 0 bridgehead atoms. The number of carbonyl (C=O) groups excluding carboxylic acids is 2. The number of amides is 2. The van der Waals surface area contributed by atoms with Crippen LogP contribution in [0.3, 0.4) is 0 Å². The minimum atomic E-state index is -0.651. The van der Waals surface area contributed by atoms with Crippen molar-refractivity contribution in [2.24, 2.45) is 0 Å². The maximum absolute atomic E-state index is 13.0. The van der Waals surface area contributed by atoms with Crippen LogP contribution in [0.1, 0.15) is 18.4 Å². The van der Waals surface area contributed by atoms with Crippen molar-refractivity contribution in [1.82, 2.24) is 4.98 Å². The summed E-state index contributed by atoms with van der Waals surface area (Å²) in [5.74, 6) is -0.111. The smallest absolute Gasteiger partial charge is 0.268 e. The number of carbonyl (C=O) groups is 2. The van der Waals surface area contributed by atoms with Gasteiger partial charge in [0.25, 0.3) is 5.91 Å². The van der Waals surface area contributed by atoms with Gasteiger partial charge >= 0.3 is 0 Å². The van der Waals surface area contributed by atoms with E-state index in [1.165, 1.54) is 4.90 Å². The number of rotatable bonds is 5. The Morgan fingerprint density at radius 3 is 2.81 bits per heavy atom. The molecule has 6 nitrogen and oxygen atoms in total. The molecule has 0 aliphatic carbocycles. The Morgan fingerprint density at radius 2 is 2.10 bits per heavy atom. The summed E-state index contributed by atoms with van der Waals surface area (Å²) in [6, 6.07) is 10.5. The van der Waals surface area contributed by atoms with E-state index in [2.05, 4.69) is 10.3 Å². The molecular weight excluding hydrogens is 457 g/mol. The van der Waals surface area contributed by atoms with E-state index < -0.39 is 12.0 Å². The Bertz CT molecular complexity index is 1160. The number of halogens is 2. The molecule has 1 unspecified atom stereocenters. The predicted octanol–water partition coefficient (Wildman–Crippen LogP) is 5.57. The summed E-state index contributed by atoms with van der Waals surface area (Å²) in [5, 5.41) is 6.21. The molecule has 1 aliphatic rings. The first kappa shape index (κ1) is 21.6. The Kier molecular flexibility index (Phi) is 6.18. The van der Waals surface area contributed by atoms with Crippen LogP contribution in [0.5, 0.6) is 5.75 Å². The van der Waals surface area contributed by atoms with E-state index in [0.717, 1.165) is 16.3 Å². The molecule has 0 spiro atoms. The van der Waals surface area contributed by atoms with Gasteiger partial charge in [-0.3, -0.25) is 14.5 Å². The first-order chi connectivity index (χ1) is 14.9. The summed E-state index contributed by atoms with van der Waals surface area (Å²) in [4.78, 5) is 31.8. The van der Waals surface area contributed by atoms with Crippen LogP contribution in [-0.2, 0) is 9.59 Å². The highest BCUT2D eigenvalue weighted by Gasteiger charge is 2.35. The number of aromatic nitrogens is 1. The molecule has 160 valence electrons. The van der Waals surface area contributed by atoms with E-state index in [-0.39, 0.29) is 17.5 Å². The molecule has 0 saturated carbocycles. The van der Waals surface area contributed by atoms with Crippen molar-refractivity contribution in [2.45, 2.75) is 26.4 Å². The Balaban J connectivity index is 1.65. The van der Waals surface area contributed by atoms with Crippen LogP contribution in [0, 0.1) is 6.92 Å². The van der Waals surface area contributed by atoms with Gasteiger partial charge in [0.15, 0.2) is 6.10 Å². The molecule has 0 fully saturated rings. The summed E-state index contributed by atoms with van der Waals surface area (Å²) in [5.41, 5.74) is 2.58. The monoisotopic (exact) mass is 475 g/mol. The van der Waals surface area contributed by atoms with Gasteiger partial charge in [-0.25, -0.2) is 4.98 Å². The predicted molar refractivity (Wildman–Crippen MR) is 124 cm³/mol. The van der Waals surface area contributed by atoms with Crippen LogP contribution >= 0.6 is 34.5 Å². The maximum atomic E-state index is 13.0. The van der Waals surface area contributed by atoms with Crippen LogP contribution in [-0.4, -0.2) is 29.4 Å². The minimum Gasteiger partial charge on any atom is -0.478 e. The first-order valence-electron chi connectivity index (χ1n) is 9.65. The van der Waals surface area contributed by atoms with E-state index in [1.54, 1.807) is 29.5 Å². The molecule has 0 radical (unpaired) electrons. The molecule has 1 atom stereocenters. The van der Waals surface area contributed by atoms with Crippen LogP contribution in [0.4, 0.5) is 11.4 Å². The van der Waals surface area contributed by atoms with E-state index in [9.17, 15) is 9.59 Å². The lowest BCUT2D eigenvalue weighted by Crippen LogP contribution is -2.48. The van der Waals surface area contributed by atoms with Gasteiger partial charge in [0.1, 0.15) is 12.3 Å². The zero-order valence-corrected chi connectivity index (χ0v) is 19.1. The van der Waals surface area contributed by atoms with Gasteiger partial charge in [0.2, 0.25) is 5.91 Å². The van der Waals surface area contributed by atoms with Crippen molar-refractivity contribution < 1.29 is 14.3 Å². The van der Waals surface area contributed by atoms with E-state index in [4.69, 9.17) is 27.9 Å². The van der Waals surface area contributed by atoms with Crippen molar-refractivity contribution in [3.05, 3.63) is 56.8 Å². The summed E-state index contributed by atoms with van der Waals surface area (Å²) >= 11 is 13.7. The van der Waals surface area contributed by atoms with Crippen molar-refractivity contribution in [1.29, 1.82) is 0 Å². The fourth-order valence-corrected chi connectivity index (χ4v) is 4.30. The third kappa shape index (κ3) is 4.39. The fraction of sp³-hybridized carbons (Fsp3) is 0.227. The van der Waals surface area contributed by atoms with Crippen molar-refractivity contribution >= 4 is 57.7 Å². The molecule has 2 heterocycles. The van der Waals surface area contributed by atoms with E-state index in [0.29, 0.717) is 28.6 Å². The number of hydrogen-bond acceptors (Lipinski definition) is 5. The molecule has 0 saturated heterocycles. The molecule has 1 N–H and O–H groups in total. The molecule has 1 aliphatic heterocycles. The normalized spacial score (nSPS) is 15.4. The zero-order chi connectivity index (χ0) is 22.1. The van der Waals surface area contributed by atoms with Crippen LogP contribution in [0.2, 0.25) is 10.0 Å². The Labute approximate surface area is 193 Å². The third-order valence-corrected chi connectivity index (χ3v) is 6.47. The number of fused-ring (bicyclic) bond motifs is 1. The van der Waals surface area contributed by atoms with Crippen LogP contribution < -0.4 is 15.0 Å². The summed E-state index contributed by atoms with van der Waals surface area (Å²) < 4.78 is 5.88. The first-order valence-corrected chi connectivity index (χ1v) is 11.3. The van der Waals surface area contributed by atoms with Crippen molar-refractivity contribution in [3.8, 4) is 17.0 Å². The van der Waals surface area contributed by atoms with Crippen molar-refractivity contribution in [3.63, 3.8) is 0 Å². The number of ether oxygens (including phenoxy) is 1. The van der Waals surface area contributed by atoms with Crippen LogP contribution in [0.25, 0.3) is 11.3 Å². The summed E-state index contributed by atoms with van der Waals surface area (Å²) in [6.07, 6.45) is -0.161. The quantitative estimate of drug-likeness (QED) is 0.523. The fourth-order valence-electron chi connectivity index (χ4n) is 3.33. The molecule has 1 aromatic heterocycles. The number of nitrogens with one attached hydrogen (secondary N) is 1. The highest BCUT2D eigenvalue weighted by molar-refractivity contribution is 7.09. The van der Waals surface area contributed by atoms with Gasteiger partial charge in [0.05, 0.1) is 32.1 Å². The second kappa shape index (κ2) is 8.86. The standard InChI is InChI=1S/C22H19Cl2N3O3S/c1-3-18-22(29)27(10-20(28)26-15-6-4-5-14(23)21(15)24)17-9-13(7-8-19(17)30-18)16-11-31-12(2)25-16/h4-9,11,18H,3,10H2,1-2H3,(H,26,28). The van der Waals surface area contributed by atoms with Crippen molar-refractivity contribution in [2.75, 3.05) is 16.8 Å². The number of nitrogens with zero attached hydrogens (tertiary/aromatic N) is 2. The molecular formula is C22H19Cl2N3O3S. The average molecular weight is 476 g/mol. The topological polar surface area (TPSA) is 71.5 Å². The molecule has 3 aromatic rings. The van der Waals surface area contributed by atoms with Gasteiger partial charge in [-0.05, 0) is 43.7 Å². The number of hydrogen-bond donors (Lipinski definition) is 1. The van der Waals surface area contributed by atoms with Gasteiger partial charge in [-0.15, -0.1) is 11.3 Å². The van der Waals surface area contributed by atoms with Gasteiger partial charge in [0, 0.05) is 10.9 Å². The molecule has 4 rings (SSSR count). The zero-order valence-electron chi connectivity index (χ0n) is 16.8. The average Bonchev–Trinajstić information content (AvgIpc) is 3.19. The highest BCUT2D eigenvalue weighted by Crippen LogP contribution is 2.38. The summed E-state index contributed by atoms with van der Waals surface area (Å²) in [7, 11) is 0. The Morgan fingerprint density at radius 1 is 1.29 bits per heavy atom. The number of aryl methyl sites for hydroxylation is 1. The Hall–Kier alpha value is -2.61. The second-order valence-corrected chi connectivity index (χ2v) is 8.87. The molecule has 9 heteroatoms. The van der Waals surface area contributed by atoms with E-state index >= 15 is 0 Å². The van der Waals surface area contributed by atoms with E-state index in [1.807, 2.05) is 37.4 Å². The number of benzene rings is 2. The van der Waals surface area contributed by atoms with Gasteiger partial charge < -0.3 is 10.1 Å². The lowest BCUT2D eigenvalue weighted by Gasteiger charge is -2.34. The SMILES string of the molecule is CCC1Oc2ccc(-c3csc(C)n3)cc2N(CC(=O)Nc2cccc(Cl)c2Cl)C1=O. The van der Waals surface area contributed by atoms with Gasteiger partial charge in [-0.2, -0.15) is 0 Å². The summed E-state index contributed by atoms with van der Waals surface area (Å²) in [6.45, 7) is 3.61. The molecule has 2 amide bonds. The number of thiazole rings is 1. The third-order valence-electron chi connectivity index (χ3n) is 4.87. The minimum absolute atomic E-state index is 0.186. The number of anilines is 2. The lowest BCUT2D eigenvalue weighted by atomic mass is 10.1. The molecule has 31 heavy (non-hydrogen) atoms. The largest absolute Gasteiger partial charge is 0.478 e. The lowest BCUT2D eigenvalue weighted by molar-refractivity contribution is -0.128. The highest BCUT2D eigenvalue weighted by atomic mass is 35.5. The van der Waals surface area contributed by atoms with Gasteiger partial charge in [-0.1, -0.05) is 36.2 Å². The molecule has 2 aromatic carbocycles. The maximum Gasteiger partial charge on any atom is 0.268 e. The van der Waals surface area contributed by atoms with Crippen LogP contribution in [0.15, 0.2) is 41.8 Å².